The number of hydrogen-bond acceptors (Lipinski definition) is 4. The Morgan fingerprint density at radius 2 is 2.05 bits per heavy atom. The van der Waals surface area contributed by atoms with Crippen molar-refractivity contribution >= 4 is 11.6 Å². The second-order valence-corrected chi connectivity index (χ2v) is 4.17. The maximum Gasteiger partial charge on any atom is 0.253 e. The van der Waals surface area contributed by atoms with E-state index in [9.17, 15) is 4.79 Å². The van der Waals surface area contributed by atoms with Crippen molar-refractivity contribution in [1.29, 1.82) is 0 Å². The van der Waals surface area contributed by atoms with Crippen molar-refractivity contribution in [2.75, 3.05) is 11.9 Å². The molecule has 0 saturated carbocycles. The van der Waals surface area contributed by atoms with Crippen molar-refractivity contribution in [3.8, 4) is 0 Å². The summed E-state index contributed by atoms with van der Waals surface area (Å²) >= 11 is 0. The van der Waals surface area contributed by atoms with Crippen molar-refractivity contribution in [3.05, 3.63) is 66.8 Å². The molecule has 2 rings (SSSR count). The lowest BCUT2D eigenvalue weighted by molar-refractivity contribution is 0.0957. The summed E-state index contributed by atoms with van der Waals surface area (Å²) in [5.74, 6) is -0.162. The summed E-state index contributed by atoms with van der Waals surface area (Å²) in [6, 6.07) is 5.63. The third-order valence-electron chi connectivity index (χ3n) is 2.65. The van der Waals surface area contributed by atoms with E-state index in [1.165, 1.54) is 6.20 Å². The second-order valence-electron chi connectivity index (χ2n) is 4.17. The summed E-state index contributed by atoms with van der Waals surface area (Å²) in [6.07, 6.45) is 8.35. The van der Waals surface area contributed by atoms with E-state index in [2.05, 4.69) is 27.2 Å². The number of hydrogen-bond donors (Lipinski definition) is 2. The molecule has 2 N–H and O–H groups in total. The van der Waals surface area contributed by atoms with Crippen LogP contribution < -0.4 is 10.6 Å². The van der Waals surface area contributed by atoms with Crippen molar-refractivity contribution < 1.29 is 4.79 Å². The largest absolute Gasteiger partial charge is 0.380 e. The van der Waals surface area contributed by atoms with E-state index in [0.717, 1.165) is 11.3 Å². The summed E-state index contributed by atoms with van der Waals surface area (Å²) in [4.78, 5) is 19.8. The Bertz CT molecular complexity index is 583. The predicted octanol–water partition coefficient (Wildman–Crippen LogP) is 2.00. The van der Waals surface area contributed by atoms with Crippen LogP contribution in [0, 0.1) is 0 Å². The van der Waals surface area contributed by atoms with E-state index in [0.29, 0.717) is 18.7 Å². The number of carbonyl (C=O) groups is 1. The number of carbonyl (C=O) groups excluding carboxylic acids is 1. The summed E-state index contributed by atoms with van der Waals surface area (Å²) in [6.45, 7) is 4.65. The predicted molar refractivity (Wildman–Crippen MR) is 78.3 cm³/mol. The van der Waals surface area contributed by atoms with E-state index in [1.54, 1.807) is 30.7 Å². The van der Waals surface area contributed by atoms with Crippen LogP contribution in [-0.4, -0.2) is 22.4 Å². The number of pyridine rings is 2. The number of rotatable bonds is 6. The number of aromatic nitrogens is 2. The molecular weight excluding hydrogens is 252 g/mol. The standard InChI is InChI=1S/C15H16N4O/c1-2-5-18-15(20)13-8-14(11-17-10-13)19-9-12-3-6-16-7-4-12/h2-4,6-8,10-11,19H,1,5,9H2,(H,18,20). The van der Waals surface area contributed by atoms with E-state index in [1.807, 2.05) is 12.1 Å². The van der Waals surface area contributed by atoms with E-state index in [4.69, 9.17) is 0 Å². The third kappa shape index (κ3) is 3.91. The molecule has 0 bridgehead atoms. The first-order chi connectivity index (χ1) is 9.79. The lowest BCUT2D eigenvalue weighted by atomic mass is 10.2. The fourth-order valence-corrected chi connectivity index (χ4v) is 1.63. The van der Waals surface area contributed by atoms with Gasteiger partial charge in [-0.05, 0) is 23.8 Å². The fraction of sp³-hybridized carbons (Fsp3) is 0.133. The monoisotopic (exact) mass is 268 g/mol. The summed E-state index contributed by atoms with van der Waals surface area (Å²) in [5.41, 5.74) is 2.43. The minimum atomic E-state index is -0.162. The van der Waals surface area contributed by atoms with E-state index in [-0.39, 0.29) is 5.91 Å². The zero-order valence-electron chi connectivity index (χ0n) is 11.0. The molecule has 0 aliphatic heterocycles. The molecule has 0 aliphatic carbocycles. The average molecular weight is 268 g/mol. The molecule has 1 amide bonds. The van der Waals surface area contributed by atoms with Crippen LogP contribution in [0.3, 0.4) is 0 Å². The fourth-order valence-electron chi connectivity index (χ4n) is 1.63. The van der Waals surface area contributed by atoms with Gasteiger partial charge in [-0.15, -0.1) is 6.58 Å². The van der Waals surface area contributed by atoms with Gasteiger partial charge in [0.15, 0.2) is 0 Å². The van der Waals surface area contributed by atoms with Gasteiger partial charge in [0, 0.05) is 37.9 Å². The first-order valence-electron chi connectivity index (χ1n) is 6.26. The summed E-state index contributed by atoms with van der Waals surface area (Å²) in [7, 11) is 0. The zero-order valence-corrected chi connectivity index (χ0v) is 11.0. The molecule has 5 nitrogen and oxygen atoms in total. The Morgan fingerprint density at radius 1 is 1.25 bits per heavy atom. The number of amides is 1. The Kier molecular flexibility index (Phi) is 4.83. The Balaban J connectivity index is 1.99. The summed E-state index contributed by atoms with van der Waals surface area (Å²) < 4.78 is 0. The van der Waals surface area contributed by atoms with Crippen LogP contribution in [0.2, 0.25) is 0 Å². The highest BCUT2D eigenvalue weighted by atomic mass is 16.1. The first-order valence-corrected chi connectivity index (χ1v) is 6.26. The van der Waals surface area contributed by atoms with Crippen molar-refractivity contribution in [1.82, 2.24) is 15.3 Å². The highest BCUT2D eigenvalue weighted by Gasteiger charge is 2.05. The number of anilines is 1. The summed E-state index contributed by atoms with van der Waals surface area (Å²) in [5, 5.41) is 5.94. The Hall–Kier alpha value is -2.69. The SMILES string of the molecule is C=CCNC(=O)c1cncc(NCc2ccncc2)c1. The Labute approximate surface area is 117 Å². The molecule has 5 heteroatoms. The maximum absolute atomic E-state index is 11.8. The molecule has 20 heavy (non-hydrogen) atoms. The van der Waals surface area contributed by atoms with Crippen LogP contribution in [0.15, 0.2) is 55.6 Å². The highest BCUT2D eigenvalue weighted by Crippen LogP contribution is 2.10. The van der Waals surface area contributed by atoms with E-state index >= 15 is 0 Å². The number of nitrogens with one attached hydrogen (secondary N) is 2. The highest BCUT2D eigenvalue weighted by molar-refractivity contribution is 5.94. The van der Waals surface area contributed by atoms with Crippen molar-refractivity contribution in [2.45, 2.75) is 6.54 Å². The smallest absolute Gasteiger partial charge is 0.253 e. The van der Waals surface area contributed by atoms with Crippen molar-refractivity contribution in [2.24, 2.45) is 0 Å². The van der Waals surface area contributed by atoms with E-state index < -0.39 is 0 Å². The van der Waals surface area contributed by atoms with Gasteiger partial charge in [0.2, 0.25) is 0 Å². The molecule has 0 radical (unpaired) electrons. The van der Waals surface area contributed by atoms with Crippen LogP contribution in [0.1, 0.15) is 15.9 Å². The zero-order chi connectivity index (χ0) is 14.2. The number of nitrogens with zero attached hydrogens (tertiary/aromatic N) is 2. The normalized spacial score (nSPS) is 9.80. The van der Waals surface area contributed by atoms with Gasteiger partial charge in [-0.3, -0.25) is 14.8 Å². The molecule has 0 aliphatic rings. The van der Waals surface area contributed by atoms with Gasteiger partial charge >= 0.3 is 0 Å². The topological polar surface area (TPSA) is 66.9 Å². The van der Waals surface area contributed by atoms with Gasteiger partial charge in [-0.2, -0.15) is 0 Å². The van der Waals surface area contributed by atoms with Crippen LogP contribution >= 0.6 is 0 Å². The van der Waals surface area contributed by atoms with Gasteiger partial charge in [0.25, 0.3) is 5.91 Å². The molecule has 0 atom stereocenters. The third-order valence-corrected chi connectivity index (χ3v) is 2.65. The quantitative estimate of drug-likeness (QED) is 0.786. The molecule has 0 fully saturated rings. The molecule has 0 unspecified atom stereocenters. The van der Waals surface area contributed by atoms with Crippen LogP contribution in [0.4, 0.5) is 5.69 Å². The van der Waals surface area contributed by atoms with Gasteiger partial charge in [0.1, 0.15) is 0 Å². The molecule has 2 heterocycles. The van der Waals surface area contributed by atoms with Crippen LogP contribution in [0.5, 0.6) is 0 Å². The minimum absolute atomic E-state index is 0.162. The lowest BCUT2D eigenvalue weighted by Crippen LogP contribution is -2.23. The van der Waals surface area contributed by atoms with Gasteiger partial charge in [0.05, 0.1) is 11.3 Å². The van der Waals surface area contributed by atoms with Gasteiger partial charge in [-0.1, -0.05) is 6.08 Å². The first kappa shape index (κ1) is 13.7. The van der Waals surface area contributed by atoms with Crippen molar-refractivity contribution in [3.63, 3.8) is 0 Å². The lowest BCUT2D eigenvalue weighted by Gasteiger charge is -2.08. The maximum atomic E-state index is 11.8. The molecule has 0 aromatic carbocycles. The average Bonchev–Trinajstić information content (AvgIpc) is 2.52. The Morgan fingerprint density at radius 3 is 2.80 bits per heavy atom. The molecule has 2 aromatic rings. The van der Waals surface area contributed by atoms with Gasteiger partial charge < -0.3 is 10.6 Å². The van der Waals surface area contributed by atoms with Crippen LogP contribution in [-0.2, 0) is 6.54 Å². The van der Waals surface area contributed by atoms with Gasteiger partial charge in [-0.25, -0.2) is 0 Å². The van der Waals surface area contributed by atoms with Crippen LogP contribution in [0.25, 0.3) is 0 Å². The molecule has 102 valence electrons. The molecule has 0 spiro atoms. The minimum Gasteiger partial charge on any atom is -0.380 e. The second kappa shape index (κ2) is 7.04. The molecule has 2 aromatic heterocycles. The molecular formula is C15H16N4O. The molecule has 0 saturated heterocycles.